The SMILES string of the molecule is COC(C)(C)N(C(=O)c1ccccc1)C(C)(C)F. The van der Waals surface area contributed by atoms with Gasteiger partial charge in [0, 0.05) is 12.7 Å². The van der Waals surface area contributed by atoms with Crippen molar-refractivity contribution >= 4 is 5.91 Å². The Kier molecular flexibility index (Phi) is 4.12. The minimum atomic E-state index is -1.81. The smallest absolute Gasteiger partial charge is 0.258 e. The molecular weight excluding hydrogens is 233 g/mol. The fourth-order valence-electron chi connectivity index (χ4n) is 1.93. The van der Waals surface area contributed by atoms with Crippen LogP contribution < -0.4 is 0 Å². The molecule has 0 fully saturated rings. The summed E-state index contributed by atoms with van der Waals surface area (Å²) in [7, 11) is 1.46. The lowest BCUT2D eigenvalue weighted by molar-refractivity contribution is -0.156. The molecule has 0 spiro atoms. The van der Waals surface area contributed by atoms with Crippen molar-refractivity contribution in [3.63, 3.8) is 0 Å². The zero-order valence-corrected chi connectivity index (χ0v) is 11.5. The second-order valence-electron chi connectivity index (χ2n) is 5.07. The topological polar surface area (TPSA) is 29.5 Å². The van der Waals surface area contributed by atoms with E-state index in [0.717, 1.165) is 4.90 Å². The van der Waals surface area contributed by atoms with Crippen LogP contribution in [-0.4, -0.2) is 29.4 Å². The van der Waals surface area contributed by atoms with E-state index in [0.29, 0.717) is 5.56 Å². The van der Waals surface area contributed by atoms with Crippen molar-refractivity contribution < 1.29 is 13.9 Å². The summed E-state index contributed by atoms with van der Waals surface area (Å²) >= 11 is 0. The van der Waals surface area contributed by atoms with E-state index in [-0.39, 0.29) is 0 Å². The second kappa shape index (κ2) is 5.06. The van der Waals surface area contributed by atoms with Crippen molar-refractivity contribution in [1.29, 1.82) is 0 Å². The summed E-state index contributed by atoms with van der Waals surface area (Å²) in [5.74, 6) is -2.21. The number of ether oxygens (including phenoxy) is 1. The Morgan fingerprint density at radius 3 is 2.06 bits per heavy atom. The molecule has 1 aromatic carbocycles. The Morgan fingerprint density at radius 1 is 1.17 bits per heavy atom. The van der Waals surface area contributed by atoms with Crippen LogP contribution in [0.3, 0.4) is 0 Å². The normalized spacial score (nSPS) is 12.3. The molecule has 1 amide bonds. The van der Waals surface area contributed by atoms with E-state index >= 15 is 0 Å². The van der Waals surface area contributed by atoms with E-state index in [9.17, 15) is 9.18 Å². The molecule has 100 valence electrons. The van der Waals surface area contributed by atoms with Crippen LogP contribution in [-0.2, 0) is 4.74 Å². The van der Waals surface area contributed by atoms with Gasteiger partial charge in [0.15, 0.2) is 5.79 Å². The summed E-state index contributed by atoms with van der Waals surface area (Å²) in [6, 6.07) is 8.62. The standard InChI is InChI=1S/C14H20FNO2/c1-13(2,15)16(14(3,4)18-5)12(17)11-9-7-6-8-10-11/h6-10H,1-5H3. The number of carbonyl (C=O) groups excluding carboxylic acids is 1. The number of benzene rings is 1. The second-order valence-corrected chi connectivity index (χ2v) is 5.07. The Hall–Kier alpha value is -1.42. The zero-order valence-electron chi connectivity index (χ0n) is 11.5. The van der Waals surface area contributed by atoms with Crippen molar-refractivity contribution in [2.45, 2.75) is 39.2 Å². The summed E-state index contributed by atoms with van der Waals surface area (Å²) in [4.78, 5) is 13.5. The molecule has 0 radical (unpaired) electrons. The minimum Gasteiger partial charge on any atom is -0.359 e. The molecule has 0 aliphatic heterocycles. The number of carbonyl (C=O) groups is 1. The van der Waals surface area contributed by atoms with Crippen molar-refractivity contribution in [2.75, 3.05) is 7.11 Å². The van der Waals surface area contributed by atoms with Gasteiger partial charge in [0.25, 0.3) is 5.91 Å². The fraction of sp³-hybridized carbons (Fsp3) is 0.500. The van der Waals surface area contributed by atoms with Gasteiger partial charge in [-0.05, 0) is 39.8 Å². The fourth-order valence-corrected chi connectivity index (χ4v) is 1.93. The quantitative estimate of drug-likeness (QED) is 0.609. The number of alkyl halides is 1. The summed E-state index contributed by atoms with van der Waals surface area (Å²) in [5, 5.41) is 0. The van der Waals surface area contributed by atoms with Crippen LogP contribution in [0.1, 0.15) is 38.1 Å². The van der Waals surface area contributed by atoms with Crippen LogP contribution in [0.25, 0.3) is 0 Å². The highest BCUT2D eigenvalue weighted by atomic mass is 19.1. The van der Waals surface area contributed by atoms with E-state index in [2.05, 4.69) is 0 Å². The molecule has 4 heteroatoms. The molecule has 0 heterocycles. The largest absolute Gasteiger partial charge is 0.359 e. The van der Waals surface area contributed by atoms with Gasteiger partial charge in [0.1, 0.15) is 5.72 Å². The maximum absolute atomic E-state index is 14.3. The predicted octanol–water partition coefficient (Wildman–Crippen LogP) is 3.22. The Morgan fingerprint density at radius 2 is 1.67 bits per heavy atom. The van der Waals surface area contributed by atoms with Crippen molar-refractivity contribution in [2.24, 2.45) is 0 Å². The Labute approximate surface area is 108 Å². The lowest BCUT2D eigenvalue weighted by Crippen LogP contribution is -2.57. The van der Waals surface area contributed by atoms with Gasteiger partial charge in [0.05, 0.1) is 0 Å². The Balaban J connectivity index is 3.18. The van der Waals surface area contributed by atoms with E-state index in [1.807, 2.05) is 6.07 Å². The van der Waals surface area contributed by atoms with Gasteiger partial charge < -0.3 is 4.74 Å². The van der Waals surface area contributed by atoms with Crippen molar-refractivity contribution in [1.82, 2.24) is 4.90 Å². The zero-order chi connectivity index (χ0) is 14.0. The third-order valence-electron chi connectivity index (χ3n) is 2.79. The summed E-state index contributed by atoms with van der Waals surface area (Å²) in [6.07, 6.45) is 0. The van der Waals surface area contributed by atoms with Crippen LogP contribution in [0, 0.1) is 0 Å². The monoisotopic (exact) mass is 253 g/mol. The number of methoxy groups -OCH3 is 1. The van der Waals surface area contributed by atoms with E-state index < -0.39 is 17.4 Å². The van der Waals surface area contributed by atoms with Gasteiger partial charge in [-0.1, -0.05) is 18.2 Å². The highest BCUT2D eigenvalue weighted by Crippen LogP contribution is 2.29. The van der Waals surface area contributed by atoms with Gasteiger partial charge in [0.2, 0.25) is 0 Å². The van der Waals surface area contributed by atoms with Crippen molar-refractivity contribution in [3.8, 4) is 0 Å². The van der Waals surface area contributed by atoms with E-state index in [4.69, 9.17) is 4.74 Å². The molecular formula is C14H20FNO2. The van der Waals surface area contributed by atoms with Crippen LogP contribution >= 0.6 is 0 Å². The Bertz CT molecular complexity index is 410. The first kappa shape index (κ1) is 14.6. The third kappa shape index (κ3) is 3.07. The molecule has 0 saturated heterocycles. The van der Waals surface area contributed by atoms with Crippen LogP contribution in [0.15, 0.2) is 30.3 Å². The number of nitrogens with zero attached hydrogens (tertiary/aromatic N) is 1. The summed E-state index contributed by atoms with van der Waals surface area (Å²) in [5.41, 5.74) is -0.584. The molecule has 0 N–H and O–H groups in total. The molecule has 0 aliphatic rings. The first-order valence-corrected chi connectivity index (χ1v) is 5.84. The molecule has 0 atom stereocenters. The van der Waals surface area contributed by atoms with Gasteiger partial charge in [-0.3, -0.25) is 9.69 Å². The van der Waals surface area contributed by atoms with Crippen molar-refractivity contribution in [3.05, 3.63) is 35.9 Å². The van der Waals surface area contributed by atoms with Gasteiger partial charge in [-0.15, -0.1) is 0 Å². The molecule has 1 rings (SSSR count). The number of rotatable bonds is 4. The highest BCUT2D eigenvalue weighted by Gasteiger charge is 2.42. The molecule has 18 heavy (non-hydrogen) atoms. The third-order valence-corrected chi connectivity index (χ3v) is 2.79. The number of hydrogen-bond acceptors (Lipinski definition) is 2. The average Bonchev–Trinajstić information content (AvgIpc) is 2.28. The van der Waals surface area contributed by atoms with Gasteiger partial charge in [-0.2, -0.15) is 0 Å². The van der Waals surface area contributed by atoms with Crippen LogP contribution in [0.2, 0.25) is 0 Å². The molecule has 0 unspecified atom stereocenters. The average molecular weight is 253 g/mol. The summed E-state index contributed by atoms with van der Waals surface area (Å²) < 4.78 is 19.5. The van der Waals surface area contributed by atoms with Gasteiger partial charge in [-0.25, -0.2) is 4.39 Å². The molecule has 0 aliphatic carbocycles. The first-order valence-electron chi connectivity index (χ1n) is 5.84. The minimum absolute atomic E-state index is 0.394. The summed E-state index contributed by atoms with van der Waals surface area (Å²) in [6.45, 7) is 6.01. The van der Waals surface area contributed by atoms with E-state index in [1.165, 1.54) is 21.0 Å². The van der Waals surface area contributed by atoms with Crippen LogP contribution in [0.4, 0.5) is 4.39 Å². The molecule has 0 aromatic heterocycles. The van der Waals surface area contributed by atoms with Crippen LogP contribution in [0.5, 0.6) is 0 Å². The first-order chi connectivity index (χ1) is 8.20. The molecule has 0 bridgehead atoms. The molecule has 1 aromatic rings. The predicted molar refractivity (Wildman–Crippen MR) is 68.9 cm³/mol. The number of hydrogen-bond donors (Lipinski definition) is 0. The maximum Gasteiger partial charge on any atom is 0.258 e. The molecule has 3 nitrogen and oxygen atoms in total. The number of halogens is 1. The lowest BCUT2D eigenvalue weighted by atomic mass is 10.1. The molecule has 0 saturated carbocycles. The van der Waals surface area contributed by atoms with Gasteiger partial charge >= 0.3 is 0 Å². The lowest BCUT2D eigenvalue weighted by Gasteiger charge is -2.43. The maximum atomic E-state index is 14.3. The highest BCUT2D eigenvalue weighted by molar-refractivity contribution is 5.94. The van der Waals surface area contributed by atoms with E-state index in [1.54, 1.807) is 38.1 Å². The number of amides is 1.